The first-order valence-electron chi connectivity index (χ1n) is 6.95. The molecule has 0 atom stereocenters. The highest BCUT2D eigenvalue weighted by Gasteiger charge is 2.20. The number of fused-ring (bicyclic) bond motifs is 1. The number of aromatic nitrogens is 1. The Morgan fingerprint density at radius 1 is 1.08 bits per heavy atom. The van der Waals surface area contributed by atoms with Crippen molar-refractivity contribution in [3.63, 3.8) is 0 Å². The molecule has 7 heteroatoms. The predicted octanol–water partition coefficient (Wildman–Crippen LogP) is 4.30. The van der Waals surface area contributed by atoms with E-state index in [1.54, 1.807) is 18.2 Å². The van der Waals surface area contributed by atoms with Crippen LogP contribution in [0.2, 0.25) is 10.0 Å². The molecule has 0 unspecified atom stereocenters. The zero-order valence-corrected chi connectivity index (χ0v) is 14.0. The maximum absolute atomic E-state index is 12.5. The number of hydrogen-bond acceptors (Lipinski definition) is 3. The van der Waals surface area contributed by atoms with Gasteiger partial charge in [0.2, 0.25) is 0 Å². The van der Waals surface area contributed by atoms with Gasteiger partial charge in [-0.3, -0.25) is 9.59 Å². The fourth-order valence-electron chi connectivity index (χ4n) is 2.35. The number of amides is 1. The van der Waals surface area contributed by atoms with E-state index in [1.807, 2.05) is 0 Å². The Kier molecular flexibility index (Phi) is 4.46. The van der Waals surface area contributed by atoms with Crippen LogP contribution in [-0.4, -0.2) is 23.8 Å². The van der Waals surface area contributed by atoms with Crippen molar-refractivity contribution in [3.05, 3.63) is 58.2 Å². The summed E-state index contributed by atoms with van der Waals surface area (Å²) in [7, 11) is 1.53. The minimum atomic E-state index is -0.781. The molecule has 0 fully saturated rings. The molecule has 1 aromatic heterocycles. The molecule has 1 heterocycles. The number of aromatic amines is 1. The number of ketones is 1. The summed E-state index contributed by atoms with van der Waals surface area (Å²) in [5.41, 5.74) is 1.34. The Bertz CT molecular complexity index is 930. The molecule has 0 radical (unpaired) electrons. The third-order valence-electron chi connectivity index (χ3n) is 3.46. The highest BCUT2D eigenvalue weighted by atomic mass is 35.5. The SMILES string of the molecule is COc1ccc2[nH]cc(C(=O)C(=O)Nc3cc(Cl)cc(Cl)c3)c2c1. The van der Waals surface area contributed by atoms with Gasteiger partial charge in [-0.15, -0.1) is 0 Å². The monoisotopic (exact) mass is 362 g/mol. The molecule has 5 nitrogen and oxygen atoms in total. The van der Waals surface area contributed by atoms with Gasteiger partial charge < -0.3 is 15.0 Å². The van der Waals surface area contributed by atoms with Crippen molar-refractivity contribution in [1.29, 1.82) is 0 Å². The molecule has 0 aliphatic rings. The second kappa shape index (κ2) is 6.55. The van der Waals surface area contributed by atoms with Gasteiger partial charge in [0, 0.05) is 32.8 Å². The first kappa shape index (κ1) is 16.4. The smallest absolute Gasteiger partial charge is 0.296 e. The van der Waals surface area contributed by atoms with Gasteiger partial charge in [0.1, 0.15) is 5.75 Å². The number of anilines is 1. The van der Waals surface area contributed by atoms with Crippen LogP contribution >= 0.6 is 23.2 Å². The number of hydrogen-bond donors (Lipinski definition) is 2. The fourth-order valence-corrected chi connectivity index (χ4v) is 2.88. The summed E-state index contributed by atoms with van der Waals surface area (Å²) in [5, 5.41) is 3.84. The average molecular weight is 363 g/mol. The summed E-state index contributed by atoms with van der Waals surface area (Å²) < 4.78 is 5.15. The Labute approximate surface area is 147 Å². The number of ether oxygens (including phenoxy) is 1. The summed E-state index contributed by atoms with van der Waals surface area (Å²) >= 11 is 11.8. The molecule has 0 aliphatic carbocycles. The summed E-state index contributed by atoms with van der Waals surface area (Å²) in [4.78, 5) is 27.7. The fraction of sp³-hybridized carbons (Fsp3) is 0.0588. The van der Waals surface area contributed by atoms with Gasteiger partial charge in [-0.25, -0.2) is 0 Å². The second-order valence-electron chi connectivity index (χ2n) is 5.06. The first-order valence-corrected chi connectivity index (χ1v) is 7.70. The van der Waals surface area contributed by atoms with E-state index >= 15 is 0 Å². The van der Waals surface area contributed by atoms with Crippen molar-refractivity contribution in [2.45, 2.75) is 0 Å². The van der Waals surface area contributed by atoms with Gasteiger partial charge in [-0.1, -0.05) is 23.2 Å². The van der Waals surface area contributed by atoms with Crippen LogP contribution in [0.25, 0.3) is 10.9 Å². The molecular formula is C17H12Cl2N2O3. The molecule has 3 aromatic rings. The molecule has 0 aliphatic heterocycles. The lowest BCUT2D eigenvalue weighted by Crippen LogP contribution is -2.22. The van der Waals surface area contributed by atoms with Crippen LogP contribution in [-0.2, 0) is 4.79 Å². The number of halogens is 2. The van der Waals surface area contributed by atoms with Gasteiger partial charge in [-0.2, -0.15) is 0 Å². The van der Waals surface area contributed by atoms with E-state index in [1.165, 1.54) is 31.5 Å². The van der Waals surface area contributed by atoms with Crippen molar-refractivity contribution in [3.8, 4) is 5.75 Å². The maximum atomic E-state index is 12.5. The number of Topliss-reactive ketones (excluding diaryl/α,β-unsaturated/α-hetero) is 1. The minimum absolute atomic E-state index is 0.259. The van der Waals surface area contributed by atoms with Crippen LogP contribution in [0.3, 0.4) is 0 Å². The lowest BCUT2D eigenvalue weighted by molar-refractivity contribution is -0.112. The van der Waals surface area contributed by atoms with Crippen molar-refractivity contribution < 1.29 is 14.3 Å². The van der Waals surface area contributed by atoms with E-state index in [0.717, 1.165) is 5.52 Å². The van der Waals surface area contributed by atoms with E-state index in [2.05, 4.69) is 10.3 Å². The quantitative estimate of drug-likeness (QED) is 0.536. The molecule has 0 spiro atoms. The van der Waals surface area contributed by atoms with Crippen LogP contribution in [0.4, 0.5) is 5.69 Å². The zero-order valence-electron chi connectivity index (χ0n) is 12.5. The number of benzene rings is 2. The normalized spacial score (nSPS) is 10.6. The van der Waals surface area contributed by atoms with Crippen molar-refractivity contribution in [2.24, 2.45) is 0 Å². The van der Waals surface area contributed by atoms with Gasteiger partial charge >= 0.3 is 0 Å². The molecule has 0 saturated heterocycles. The number of rotatable bonds is 4. The lowest BCUT2D eigenvalue weighted by Gasteiger charge is -2.06. The molecule has 2 aromatic carbocycles. The maximum Gasteiger partial charge on any atom is 0.296 e. The lowest BCUT2D eigenvalue weighted by atomic mass is 10.1. The predicted molar refractivity (Wildman–Crippen MR) is 94.3 cm³/mol. The van der Waals surface area contributed by atoms with E-state index in [9.17, 15) is 9.59 Å². The molecule has 2 N–H and O–H groups in total. The molecule has 122 valence electrons. The van der Waals surface area contributed by atoms with Crippen molar-refractivity contribution in [2.75, 3.05) is 12.4 Å². The van der Waals surface area contributed by atoms with Crippen LogP contribution in [0.5, 0.6) is 5.75 Å². The first-order chi connectivity index (χ1) is 11.5. The van der Waals surface area contributed by atoms with Crippen LogP contribution < -0.4 is 10.1 Å². The molecule has 3 rings (SSSR count). The summed E-state index contributed by atoms with van der Waals surface area (Å²) in [6.07, 6.45) is 1.50. The zero-order chi connectivity index (χ0) is 17.3. The highest BCUT2D eigenvalue weighted by Crippen LogP contribution is 2.25. The molecule has 0 saturated carbocycles. The third kappa shape index (κ3) is 3.22. The minimum Gasteiger partial charge on any atom is -0.497 e. The van der Waals surface area contributed by atoms with E-state index in [-0.39, 0.29) is 5.56 Å². The van der Waals surface area contributed by atoms with Crippen molar-refractivity contribution >= 4 is 51.5 Å². The highest BCUT2D eigenvalue weighted by molar-refractivity contribution is 6.48. The Hall–Kier alpha value is -2.50. The Balaban J connectivity index is 1.89. The van der Waals surface area contributed by atoms with Crippen LogP contribution in [0.15, 0.2) is 42.6 Å². The number of carbonyl (C=O) groups is 2. The summed E-state index contributed by atoms with van der Waals surface area (Å²) in [5.74, 6) is -0.860. The largest absolute Gasteiger partial charge is 0.497 e. The van der Waals surface area contributed by atoms with Crippen molar-refractivity contribution in [1.82, 2.24) is 4.98 Å². The van der Waals surface area contributed by atoms with Crippen LogP contribution in [0, 0.1) is 0 Å². The average Bonchev–Trinajstić information content (AvgIpc) is 2.95. The molecular weight excluding hydrogens is 351 g/mol. The van der Waals surface area contributed by atoms with Gasteiger partial charge in [0.25, 0.3) is 11.7 Å². The van der Waals surface area contributed by atoms with Gasteiger partial charge in [-0.05, 0) is 36.4 Å². The topological polar surface area (TPSA) is 71.2 Å². The van der Waals surface area contributed by atoms with E-state index in [0.29, 0.717) is 26.9 Å². The molecule has 24 heavy (non-hydrogen) atoms. The third-order valence-corrected chi connectivity index (χ3v) is 3.90. The Morgan fingerprint density at radius 2 is 1.79 bits per heavy atom. The summed E-state index contributed by atoms with van der Waals surface area (Å²) in [6.45, 7) is 0. The second-order valence-corrected chi connectivity index (χ2v) is 5.93. The molecule has 0 bridgehead atoms. The number of methoxy groups -OCH3 is 1. The standard InChI is InChI=1S/C17H12Cl2N2O3/c1-24-12-2-3-15-13(7-12)14(8-20-15)16(22)17(23)21-11-5-9(18)4-10(19)6-11/h2-8,20H,1H3,(H,21,23). The van der Waals surface area contributed by atoms with Gasteiger partial charge in [0.05, 0.1) is 12.7 Å². The van der Waals surface area contributed by atoms with E-state index < -0.39 is 11.7 Å². The molecule has 1 amide bonds. The summed E-state index contributed by atoms with van der Waals surface area (Å²) in [6, 6.07) is 9.80. The van der Waals surface area contributed by atoms with E-state index in [4.69, 9.17) is 27.9 Å². The Morgan fingerprint density at radius 3 is 2.46 bits per heavy atom. The van der Waals surface area contributed by atoms with Gasteiger partial charge in [0.15, 0.2) is 0 Å². The van der Waals surface area contributed by atoms with Crippen LogP contribution in [0.1, 0.15) is 10.4 Å². The number of nitrogens with one attached hydrogen (secondary N) is 2. The number of H-pyrrole nitrogens is 1. The number of carbonyl (C=O) groups excluding carboxylic acids is 2.